The Balaban J connectivity index is 1.66. The standard InChI is InChI=1S/C26H28O6/c1-17(11-13-23(28)31-18-8-6-5-7-9-18)10-12-20(27)24-22(30-4)16-21-19(25(24)29)14-15-26(2,3)32-21/h5-10,12,14-17,29H,11,13H2,1-4H3. The van der Waals surface area contributed by atoms with Crippen LogP contribution in [-0.4, -0.2) is 29.6 Å². The van der Waals surface area contributed by atoms with E-state index in [-0.39, 0.29) is 41.2 Å². The summed E-state index contributed by atoms with van der Waals surface area (Å²) < 4.78 is 16.5. The molecule has 0 amide bonds. The van der Waals surface area contributed by atoms with Gasteiger partial charge in [0.05, 0.1) is 12.7 Å². The number of hydrogen-bond acceptors (Lipinski definition) is 6. The number of esters is 1. The van der Waals surface area contributed by atoms with Gasteiger partial charge in [0.2, 0.25) is 0 Å². The number of methoxy groups -OCH3 is 1. The number of hydrogen-bond donors (Lipinski definition) is 1. The molecule has 0 radical (unpaired) electrons. The molecular formula is C26H28O6. The predicted octanol–water partition coefficient (Wildman–Crippen LogP) is 5.35. The van der Waals surface area contributed by atoms with E-state index in [4.69, 9.17) is 14.2 Å². The van der Waals surface area contributed by atoms with Crippen molar-refractivity contribution in [1.82, 2.24) is 0 Å². The molecule has 2 aromatic rings. The zero-order valence-electron chi connectivity index (χ0n) is 18.8. The maximum atomic E-state index is 12.9. The molecule has 1 N–H and O–H groups in total. The van der Waals surface area contributed by atoms with Gasteiger partial charge in [-0.05, 0) is 56.5 Å². The van der Waals surface area contributed by atoms with E-state index in [1.165, 1.54) is 13.2 Å². The molecule has 2 aromatic carbocycles. The summed E-state index contributed by atoms with van der Waals surface area (Å²) in [7, 11) is 1.44. The Morgan fingerprint density at radius 2 is 1.94 bits per heavy atom. The second-order valence-electron chi connectivity index (χ2n) is 8.28. The Morgan fingerprint density at radius 1 is 1.22 bits per heavy atom. The summed E-state index contributed by atoms with van der Waals surface area (Å²) in [5.41, 5.74) is -0.00260. The van der Waals surface area contributed by atoms with Gasteiger partial charge < -0.3 is 19.3 Å². The summed E-state index contributed by atoms with van der Waals surface area (Å²) in [5.74, 6) is 0.258. The molecular weight excluding hydrogens is 408 g/mol. The third-order valence-corrected chi connectivity index (χ3v) is 5.11. The Morgan fingerprint density at radius 3 is 2.62 bits per heavy atom. The highest BCUT2D eigenvalue weighted by Crippen LogP contribution is 2.43. The van der Waals surface area contributed by atoms with Crippen molar-refractivity contribution in [2.75, 3.05) is 7.11 Å². The number of benzene rings is 2. The van der Waals surface area contributed by atoms with E-state index >= 15 is 0 Å². The van der Waals surface area contributed by atoms with Crippen molar-refractivity contribution >= 4 is 17.8 Å². The molecule has 0 saturated carbocycles. The topological polar surface area (TPSA) is 82.1 Å². The summed E-state index contributed by atoms with van der Waals surface area (Å²) in [5, 5.41) is 10.7. The van der Waals surface area contributed by atoms with Crippen molar-refractivity contribution in [2.45, 2.75) is 39.2 Å². The van der Waals surface area contributed by atoms with Crippen LogP contribution in [0.2, 0.25) is 0 Å². The van der Waals surface area contributed by atoms with Gasteiger partial charge in [-0.1, -0.05) is 31.2 Å². The zero-order valence-corrected chi connectivity index (χ0v) is 18.8. The number of aromatic hydroxyl groups is 1. The van der Waals surface area contributed by atoms with Crippen molar-refractivity contribution in [3.05, 3.63) is 65.8 Å². The maximum Gasteiger partial charge on any atom is 0.311 e. The third-order valence-electron chi connectivity index (χ3n) is 5.11. The number of carbonyl (C=O) groups is 2. The lowest BCUT2D eigenvalue weighted by molar-refractivity contribution is -0.134. The lowest BCUT2D eigenvalue weighted by Crippen LogP contribution is -2.27. The van der Waals surface area contributed by atoms with Crippen LogP contribution in [0.1, 0.15) is 49.5 Å². The van der Waals surface area contributed by atoms with Crippen molar-refractivity contribution < 1.29 is 28.9 Å². The average Bonchev–Trinajstić information content (AvgIpc) is 2.75. The summed E-state index contributed by atoms with van der Waals surface area (Å²) in [6.07, 6.45) is 7.42. The molecule has 0 spiro atoms. The molecule has 1 heterocycles. The Labute approximate surface area is 188 Å². The first kappa shape index (κ1) is 23.1. The van der Waals surface area contributed by atoms with Crippen LogP contribution in [0.5, 0.6) is 23.0 Å². The highest BCUT2D eigenvalue weighted by atomic mass is 16.5. The van der Waals surface area contributed by atoms with E-state index in [9.17, 15) is 14.7 Å². The summed E-state index contributed by atoms with van der Waals surface area (Å²) in [6.45, 7) is 5.70. The molecule has 1 atom stereocenters. The largest absolute Gasteiger partial charge is 0.506 e. The van der Waals surface area contributed by atoms with Crippen LogP contribution in [0.15, 0.2) is 54.6 Å². The van der Waals surface area contributed by atoms with Crippen LogP contribution in [0, 0.1) is 5.92 Å². The number of fused-ring (bicyclic) bond motifs is 1. The van der Waals surface area contributed by atoms with Gasteiger partial charge in [0.15, 0.2) is 5.78 Å². The molecule has 0 fully saturated rings. The van der Waals surface area contributed by atoms with Crippen LogP contribution in [0.4, 0.5) is 0 Å². The quantitative estimate of drug-likeness (QED) is 0.260. The number of allylic oxidation sites excluding steroid dienone is 2. The summed E-state index contributed by atoms with van der Waals surface area (Å²) >= 11 is 0. The maximum absolute atomic E-state index is 12.9. The number of ketones is 1. The molecule has 6 heteroatoms. The van der Waals surface area contributed by atoms with Crippen LogP contribution in [-0.2, 0) is 4.79 Å². The second kappa shape index (κ2) is 9.73. The molecule has 1 unspecified atom stereocenters. The second-order valence-corrected chi connectivity index (χ2v) is 8.28. The zero-order chi connectivity index (χ0) is 23.3. The molecule has 168 valence electrons. The van der Waals surface area contributed by atoms with Crippen LogP contribution in [0.25, 0.3) is 6.08 Å². The lowest BCUT2D eigenvalue weighted by Gasteiger charge is -2.29. The van der Waals surface area contributed by atoms with Crippen molar-refractivity contribution in [2.24, 2.45) is 5.92 Å². The van der Waals surface area contributed by atoms with Gasteiger partial charge in [0, 0.05) is 12.5 Å². The number of phenols is 1. The van der Waals surface area contributed by atoms with Gasteiger partial charge in [-0.3, -0.25) is 9.59 Å². The highest BCUT2D eigenvalue weighted by Gasteiger charge is 2.28. The van der Waals surface area contributed by atoms with E-state index < -0.39 is 5.60 Å². The fourth-order valence-corrected chi connectivity index (χ4v) is 3.33. The minimum atomic E-state index is -0.521. The Bertz CT molecular complexity index is 1050. The first-order valence-electron chi connectivity index (χ1n) is 10.5. The number of para-hydroxylation sites is 1. The Kier molecular flexibility index (Phi) is 7.03. The number of ether oxygens (including phenoxy) is 3. The van der Waals surface area contributed by atoms with E-state index in [0.29, 0.717) is 23.5 Å². The van der Waals surface area contributed by atoms with Gasteiger partial charge in [-0.15, -0.1) is 0 Å². The van der Waals surface area contributed by atoms with Crippen molar-refractivity contribution in [3.8, 4) is 23.0 Å². The summed E-state index contributed by atoms with van der Waals surface area (Å²) in [6, 6.07) is 10.5. The van der Waals surface area contributed by atoms with Crippen molar-refractivity contribution in [1.29, 1.82) is 0 Å². The highest BCUT2D eigenvalue weighted by molar-refractivity contribution is 6.09. The predicted molar refractivity (Wildman–Crippen MR) is 122 cm³/mol. The molecule has 6 nitrogen and oxygen atoms in total. The normalized spacial score (nSPS) is 15.0. The minimum Gasteiger partial charge on any atom is -0.506 e. The molecule has 0 aliphatic carbocycles. The molecule has 0 aromatic heterocycles. The van der Waals surface area contributed by atoms with Crippen LogP contribution < -0.4 is 14.2 Å². The van der Waals surface area contributed by atoms with Gasteiger partial charge >= 0.3 is 5.97 Å². The number of carbonyl (C=O) groups excluding carboxylic acids is 2. The molecule has 0 bridgehead atoms. The van der Waals surface area contributed by atoms with Gasteiger partial charge in [0.25, 0.3) is 0 Å². The van der Waals surface area contributed by atoms with Crippen LogP contribution in [0.3, 0.4) is 0 Å². The average molecular weight is 437 g/mol. The fourth-order valence-electron chi connectivity index (χ4n) is 3.33. The molecule has 0 saturated heterocycles. The van der Waals surface area contributed by atoms with Gasteiger partial charge in [-0.2, -0.15) is 0 Å². The molecule has 3 rings (SSSR count). The van der Waals surface area contributed by atoms with Gasteiger partial charge in [0.1, 0.15) is 34.2 Å². The number of rotatable bonds is 8. The minimum absolute atomic E-state index is 0.0444. The molecule has 1 aliphatic rings. The van der Waals surface area contributed by atoms with Crippen molar-refractivity contribution in [3.63, 3.8) is 0 Å². The fraction of sp³-hybridized carbons (Fsp3) is 0.308. The monoisotopic (exact) mass is 436 g/mol. The van der Waals surface area contributed by atoms with E-state index in [1.54, 1.807) is 42.5 Å². The smallest absolute Gasteiger partial charge is 0.311 e. The third kappa shape index (κ3) is 5.58. The number of phenolic OH excluding ortho intramolecular Hbond substituents is 1. The van der Waals surface area contributed by atoms with E-state index in [1.807, 2.05) is 32.9 Å². The van der Waals surface area contributed by atoms with Crippen LogP contribution >= 0.6 is 0 Å². The first-order valence-corrected chi connectivity index (χ1v) is 10.5. The SMILES string of the molecule is COc1cc2c(c(O)c1C(=O)C=CC(C)CCC(=O)Oc1ccccc1)C=CC(C)(C)O2. The first-order chi connectivity index (χ1) is 15.2. The van der Waals surface area contributed by atoms with Gasteiger partial charge in [-0.25, -0.2) is 0 Å². The molecule has 1 aliphatic heterocycles. The van der Waals surface area contributed by atoms with E-state index in [0.717, 1.165) is 0 Å². The molecule has 32 heavy (non-hydrogen) atoms. The summed E-state index contributed by atoms with van der Waals surface area (Å²) in [4.78, 5) is 24.9. The Hall–Kier alpha value is -3.54. The van der Waals surface area contributed by atoms with E-state index in [2.05, 4.69) is 0 Å². The lowest BCUT2D eigenvalue weighted by atomic mass is 9.96.